The van der Waals surface area contributed by atoms with Crippen molar-refractivity contribution < 1.29 is 22.3 Å². The van der Waals surface area contributed by atoms with Gasteiger partial charge in [0.2, 0.25) is 5.91 Å². The maximum absolute atomic E-state index is 13.6. The first kappa shape index (κ1) is 22.4. The third-order valence-corrected chi connectivity index (χ3v) is 9.14. The highest BCUT2D eigenvalue weighted by molar-refractivity contribution is 7.91. The lowest BCUT2D eigenvalue weighted by Crippen LogP contribution is -2.37. The molecule has 2 saturated heterocycles. The van der Waals surface area contributed by atoms with E-state index >= 15 is 0 Å². The number of thiophene rings is 1. The van der Waals surface area contributed by atoms with Gasteiger partial charge in [-0.1, -0.05) is 12.1 Å². The van der Waals surface area contributed by atoms with Crippen LogP contribution in [0.2, 0.25) is 0 Å². The summed E-state index contributed by atoms with van der Waals surface area (Å²) in [6.45, 7) is 2.53. The molecule has 0 bridgehead atoms. The molecule has 0 aliphatic carbocycles. The average molecular weight is 467 g/mol. The fraction of sp³-hybridized carbons (Fsp3) is 0.500. The molecule has 2 fully saturated rings. The lowest BCUT2D eigenvalue weighted by molar-refractivity contribution is -0.132. The Morgan fingerprint density at radius 2 is 2.00 bits per heavy atom. The van der Waals surface area contributed by atoms with Crippen molar-refractivity contribution in [2.45, 2.75) is 49.0 Å². The molecule has 0 spiro atoms. The van der Waals surface area contributed by atoms with Gasteiger partial charge in [0.1, 0.15) is 10.0 Å². The van der Waals surface area contributed by atoms with E-state index in [-0.39, 0.29) is 28.5 Å². The van der Waals surface area contributed by atoms with Gasteiger partial charge in [0.15, 0.2) is 0 Å². The molecule has 0 saturated carbocycles. The largest absolute Gasteiger partial charge is 0.376 e. The molecule has 6 nitrogen and oxygen atoms in total. The molecule has 4 rings (SSSR count). The number of hydrogen-bond acceptors (Lipinski definition) is 5. The van der Waals surface area contributed by atoms with Gasteiger partial charge >= 0.3 is 0 Å². The monoisotopic (exact) mass is 466 g/mol. The molecule has 1 atom stereocenters. The number of amides is 1. The average Bonchev–Trinajstić information content (AvgIpc) is 3.50. The number of hydrogen-bond donors (Lipinski definition) is 0. The van der Waals surface area contributed by atoms with E-state index in [2.05, 4.69) is 0 Å². The van der Waals surface area contributed by atoms with E-state index < -0.39 is 10.0 Å². The van der Waals surface area contributed by atoms with Crippen molar-refractivity contribution in [3.05, 3.63) is 52.7 Å². The van der Waals surface area contributed by atoms with Gasteiger partial charge in [0, 0.05) is 37.7 Å². The SMILES string of the molecule is O=C(Cc1ccc(S(=O)(=O)N2CCCC2)s1)N(Cc1cccc(F)c1)CC1CCCO1. The summed E-state index contributed by atoms with van der Waals surface area (Å²) >= 11 is 1.16. The second kappa shape index (κ2) is 9.77. The van der Waals surface area contributed by atoms with Gasteiger partial charge in [-0.2, -0.15) is 4.31 Å². The highest BCUT2D eigenvalue weighted by Gasteiger charge is 2.29. The molecule has 1 aromatic carbocycles. The number of halogens is 1. The van der Waals surface area contributed by atoms with E-state index in [9.17, 15) is 17.6 Å². The van der Waals surface area contributed by atoms with Crippen molar-refractivity contribution in [2.75, 3.05) is 26.2 Å². The van der Waals surface area contributed by atoms with Gasteiger partial charge in [0.05, 0.1) is 12.5 Å². The van der Waals surface area contributed by atoms with Crippen molar-refractivity contribution in [3.8, 4) is 0 Å². The Morgan fingerprint density at radius 1 is 1.19 bits per heavy atom. The molecule has 168 valence electrons. The number of benzene rings is 1. The van der Waals surface area contributed by atoms with E-state index in [0.29, 0.717) is 37.7 Å². The Hall–Kier alpha value is -1.81. The molecule has 1 unspecified atom stereocenters. The predicted molar refractivity (Wildman–Crippen MR) is 117 cm³/mol. The summed E-state index contributed by atoms with van der Waals surface area (Å²) in [6, 6.07) is 9.56. The maximum Gasteiger partial charge on any atom is 0.252 e. The van der Waals surface area contributed by atoms with Gasteiger partial charge < -0.3 is 9.64 Å². The van der Waals surface area contributed by atoms with Crippen LogP contribution in [0.4, 0.5) is 4.39 Å². The minimum absolute atomic E-state index is 0.0213. The van der Waals surface area contributed by atoms with Gasteiger partial charge in [0.25, 0.3) is 10.0 Å². The summed E-state index contributed by atoms with van der Waals surface area (Å²) in [7, 11) is -3.48. The molecule has 3 heterocycles. The zero-order valence-corrected chi connectivity index (χ0v) is 19.0. The smallest absolute Gasteiger partial charge is 0.252 e. The molecule has 31 heavy (non-hydrogen) atoms. The number of carbonyl (C=O) groups excluding carboxylic acids is 1. The number of nitrogens with zero attached hydrogens (tertiary/aromatic N) is 2. The van der Waals surface area contributed by atoms with Crippen LogP contribution < -0.4 is 0 Å². The van der Waals surface area contributed by atoms with Crippen LogP contribution >= 0.6 is 11.3 Å². The molecule has 2 aromatic rings. The van der Waals surface area contributed by atoms with Crippen molar-refractivity contribution >= 4 is 27.3 Å². The summed E-state index contributed by atoms with van der Waals surface area (Å²) in [6.07, 6.45) is 3.72. The van der Waals surface area contributed by atoms with Gasteiger partial charge in [-0.15, -0.1) is 11.3 Å². The maximum atomic E-state index is 13.6. The third-order valence-electron chi connectivity index (χ3n) is 5.68. The molecule has 9 heteroatoms. The van der Waals surface area contributed by atoms with Crippen molar-refractivity contribution in [1.82, 2.24) is 9.21 Å². The summed E-state index contributed by atoms with van der Waals surface area (Å²) in [5.74, 6) is -0.455. The van der Waals surface area contributed by atoms with Crippen LogP contribution in [0.25, 0.3) is 0 Å². The molecular formula is C22H27FN2O4S2. The van der Waals surface area contributed by atoms with Crippen LogP contribution in [0.15, 0.2) is 40.6 Å². The lowest BCUT2D eigenvalue weighted by Gasteiger charge is -2.25. The minimum Gasteiger partial charge on any atom is -0.376 e. The zero-order chi connectivity index (χ0) is 21.8. The van der Waals surface area contributed by atoms with E-state index in [1.807, 2.05) is 0 Å². The fourth-order valence-electron chi connectivity index (χ4n) is 4.05. The molecular weight excluding hydrogens is 439 g/mol. The summed E-state index contributed by atoms with van der Waals surface area (Å²) in [4.78, 5) is 15.5. The molecule has 2 aliphatic heterocycles. The number of ether oxygens (including phenoxy) is 1. The van der Waals surface area contributed by atoms with Crippen LogP contribution in [0.1, 0.15) is 36.1 Å². The number of sulfonamides is 1. The fourth-order valence-corrected chi connectivity index (χ4v) is 7.07. The minimum atomic E-state index is -3.48. The van der Waals surface area contributed by atoms with Crippen LogP contribution in [-0.4, -0.2) is 55.9 Å². The molecule has 1 amide bonds. The Kier molecular flexibility index (Phi) is 7.05. The first-order valence-electron chi connectivity index (χ1n) is 10.6. The molecule has 0 N–H and O–H groups in total. The van der Waals surface area contributed by atoms with Crippen molar-refractivity contribution in [3.63, 3.8) is 0 Å². The predicted octanol–water partition coefficient (Wildman–Crippen LogP) is 3.42. The molecule has 0 radical (unpaired) electrons. The quantitative estimate of drug-likeness (QED) is 0.598. The van der Waals surface area contributed by atoms with Gasteiger partial charge in [-0.25, -0.2) is 12.8 Å². The van der Waals surface area contributed by atoms with Crippen LogP contribution in [0.5, 0.6) is 0 Å². The zero-order valence-electron chi connectivity index (χ0n) is 17.3. The standard InChI is InChI=1S/C22H27FN2O4S2/c23-18-6-3-5-17(13-18)15-24(16-19-7-4-12-29-19)21(26)14-20-8-9-22(30-20)31(27,28)25-10-1-2-11-25/h3,5-6,8-9,13,19H,1-2,4,7,10-12,14-16H2. The van der Waals surface area contributed by atoms with Crippen molar-refractivity contribution in [2.24, 2.45) is 0 Å². The Morgan fingerprint density at radius 3 is 2.71 bits per heavy atom. The van der Waals surface area contributed by atoms with E-state index in [1.54, 1.807) is 29.2 Å². The summed E-state index contributed by atoms with van der Waals surface area (Å²) in [5.41, 5.74) is 0.717. The second-order valence-electron chi connectivity index (χ2n) is 8.05. The summed E-state index contributed by atoms with van der Waals surface area (Å²) in [5, 5.41) is 0. The van der Waals surface area contributed by atoms with Crippen LogP contribution in [-0.2, 0) is 32.5 Å². The normalized spacial score (nSPS) is 19.7. The molecule has 2 aliphatic rings. The van der Waals surface area contributed by atoms with Crippen LogP contribution in [0.3, 0.4) is 0 Å². The second-order valence-corrected chi connectivity index (χ2v) is 11.4. The lowest BCUT2D eigenvalue weighted by atomic mass is 10.1. The Labute approximate surface area is 186 Å². The first-order valence-corrected chi connectivity index (χ1v) is 12.9. The van der Waals surface area contributed by atoms with Gasteiger partial charge in [-0.05, 0) is 55.5 Å². The van der Waals surface area contributed by atoms with E-state index in [4.69, 9.17) is 4.74 Å². The van der Waals surface area contributed by atoms with Crippen molar-refractivity contribution in [1.29, 1.82) is 0 Å². The third kappa shape index (κ3) is 5.52. The highest BCUT2D eigenvalue weighted by Crippen LogP contribution is 2.28. The Balaban J connectivity index is 1.47. The highest BCUT2D eigenvalue weighted by atomic mass is 32.2. The van der Waals surface area contributed by atoms with E-state index in [1.165, 1.54) is 16.4 Å². The Bertz CT molecular complexity index is 1010. The number of carbonyl (C=O) groups is 1. The summed E-state index contributed by atoms with van der Waals surface area (Å²) < 4.78 is 46.6. The first-order chi connectivity index (χ1) is 14.9. The van der Waals surface area contributed by atoms with Gasteiger partial charge in [-0.3, -0.25) is 4.79 Å². The topological polar surface area (TPSA) is 66.9 Å². The van der Waals surface area contributed by atoms with Crippen LogP contribution in [0, 0.1) is 5.82 Å². The van der Waals surface area contributed by atoms with E-state index in [0.717, 1.165) is 42.6 Å². The molecule has 1 aromatic heterocycles. The number of rotatable bonds is 8.